The molecule has 0 saturated carbocycles. The molecule has 0 atom stereocenters. The first-order chi connectivity index (χ1) is 8.97. The summed E-state index contributed by atoms with van der Waals surface area (Å²) in [6, 6.07) is 5.42. The van der Waals surface area contributed by atoms with Gasteiger partial charge in [-0.05, 0) is 31.5 Å². The molecule has 0 unspecified atom stereocenters. The number of rotatable bonds is 2. The molecule has 0 radical (unpaired) electrons. The summed E-state index contributed by atoms with van der Waals surface area (Å²) in [5.74, 6) is -0.0101. The monoisotopic (exact) mass is 321 g/mol. The van der Waals surface area contributed by atoms with E-state index in [1.807, 2.05) is 13.0 Å². The minimum Gasteiger partial charge on any atom is -0.322 e. The molecule has 0 fully saturated rings. The van der Waals surface area contributed by atoms with Crippen LogP contribution in [0.3, 0.4) is 0 Å². The maximum Gasteiger partial charge on any atom is 0.263 e. The number of carbonyl (C=O) groups excluding carboxylic acids is 1. The summed E-state index contributed by atoms with van der Waals surface area (Å²) in [6.45, 7) is 3.60. The molecule has 0 spiro atoms. The third kappa shape index (κ3) is 3.08. The van der Waals surface area contributed by atoms with Gasteiger partial charge in [0.05, 0.1) is 0 Å². The fraction of sp³-hybridized carbons (Fsp3) is 0.154. The van der Waals surface area contributed by atoms with Gasteiger partial charge in [-0.1, -0.05) is 22.0 Å². The van der Waals surface area contributed by atoms with Gasteiger partial charge in [0.1, 0.15) is 11.4 Å². The van der Waals surface area contributed by atoms with Crippen molar-refractivity contribution in [3.63, 3.8) is 0 Å². The fourth-order valence-electron chi connectivity index (χ4n) is 1.51. The summed E-state index contributed by atoms with van der Waals surface area (Å²) >= 11 is 3.38. The van der Waals surface area contributed by atoms with Crippen molar-refractivity contribution >= 4 is 27.5 Å². The van der Waals surface area contributed by atoms with E-state index < -0.39 is 11.5 Å². The van der Waals surface area contributed by atoms with E-state index in [1.54, 1.807) is 19.1 Å². The third-order valence-corrected chi connectivity index (χ3v) is 3.46. The number of nitrogens with one attached hydrogen (secondary N) is 2. The summed E-state index contributed by atoms with van der Waals surface area (Å²) in [7, 11) is 0. The summed E-state index contributed by atoms with van der Waals surface area (Å²) in [5.41, 5.74) is 1.22. The van der Waals surface area contributed by atoms with Gasteiger partial charge in [-0.2, -0.15) is 0 Å². The molecule has 1 heterocycles. The molecule has 1 aromatic heterocycles. The minimum atomic E-state index is -0.482. The topological polar surface area (TPSA) is 74.8 Å². The molecule has 0 aliphatic carbocycles. The van der Waals surface area contributed by atoms with Crippen LogP contribution in [0.5, 0.6) is 0 Å². The van der Waals surface area contributed by atoms with Crippen molar-refractivity contribution in [2.75, 3.05) is 5.32 Å². The second-order valence-electron chi connectivity index (χ2n) is 4.13. The number of anilines is 1. The van der Waals surface area contributed by atoms with Crippen LogP contribution in [0.1, 0.15) is 21.7 Å². The second kappa shape index (κ2) is 5.36. The van der Waals surface area contributed by atoms with Crippen LogP contribution >= 0.6 is 15.9 Å². The molecule has 1 amide bonds. The van der Waals surface area contributed by atoms with E-state index in [4.69, 9.17) is 0 Å². The van der Waals surface area contributed by atoms with E-state index in [1.165, 1.54) is 6.20 Å². The predicted octanol–water partition coefficient (Wildman–Crippen LogP) is 2.40. The molecule has 0 aliphatic rings. The molecule has 1 aromatic carbocycles. The Morgan fingerprint density at radius 2 is 2.11 bits per heavy atom. The molecular formula is C13H12BrN3O2. The highest BCUT2D eigenvalue weighted by Crippen LogP contribution is 2.20. The molecule has 0 saturated heterocycles. The summed E-state index contributed by atoms with van der Waals surface area (Å²) < 4.78 is 0.890. The van der Waals surface area contributed by atoms with E-state index in [-0.39, 0.29) is 5.56 Å². The Morgan fingerprint density at radius 3 is 2.74 bits per heavy atom. The number of hydrogen-bond acceptors (Lipinski definition) is 3. The van der Waals surface area contributed by atoms with Gasteiger partial charge in [0.15, 0.2) is 0 Å². The Labute approximate surface area is 118 Å². The molecule has 0 bridgehead atoms. The molecule has 98 valence electrons. The smallest absolute Gasteiger partial charge is 0.263 e. The number of aryl methyl sites for hydroxylation is 2. The van der Waals surface area contributed by atoms with Gasteiger partial charge in [0, 0.05) is 16.4 Å². The van der Waals surface area contributed by atoms with Crippen molar-refractivity contribution < 1.29 is 4.79 Å². The first-order valence-electron chi connectivity index (χ1n) is 5.61. The molecular weight excluding hydrogens is 310 g/mol. The van der Waals surface area contributed by atoms with E-state index in [2.05, 4.69) is 31.2 Å². The SMILES string of the molecule is Cc1ncc(C(=O)Nc2ccc(C)c(Br)c2)c(=O)[nH]1. The predicted molar refractivity (Wildman–Crippen MR) is 76.4 cm³/mol. The number of carbonyl (C=O) groups is 1. The van der Waals surface area contributed by atoms with E-state index in [0.29, 0.717) is 11.5 Å². The highest BCUT2D eigenvalue weighted by atomic mass is 79.9. The van der Waals surface area contributed by atoms with Crippen LogP contribution in [0.4, 0.5) is 5.69 Å². The standard InChI is InChI=1S/C13H12BrN3O2/c1-7-3-4-9(5-11(7)14)17-13(19)10-6-15-8(2)16-12(10)18/h3-6H,1-2H3,(H,17,19)(H,15,16,18). The summed E-state index contributed by atoms with van der Waals surface area (Å²) in [4.78, 5) is 30.0. The van der Waals surface area contributed by atoms with Crippen LogP contribution in [0.15, 0.2) is 33.7 Å². The Morgan fingerprint density at radius 1 is 1.37 bits per heavy atom. The minimum absolute atomic E-state index is 0.0118. The van der Waals surface area contributed by atoms with E-state index >= 15 is 0 Å². The number of H-pyrrole nitrogens is 1. The van der Waals surface area contributed by atoms with Gasteiger partial charge >= 0.3 is 0 Å². The van der Waals surface area contributed by atoms with Crippen molar-refractivity contribution in [1.82, 2.24) is 9.97 Å². The zero-order valence-corrected chi connectivity index (χ0v) is 12.0. The zero-order chi connectivity index (χ0) is 14.0. The normalized spacial score (nSPS) is 10.3. The summed E-state index contributed by atoms with van der Waals surface area (Å²) in [5, 5.41) is 2.66. The Kier molecular flexibility index (Phi) is 3.80. The number of aromatic amines is 1. The van der Waals surface area contributed by atoms with Gasteiger partial charge in [-0.15, -0.1) is 0 Å². The molecule has 2 aromatic rings. The van der Waals surface area contributed by atoms with Crippen molar-refractivity contribution in [2.45, 2.75) is 13.8 Å². The molecule has 6 heteroatoms. The van der Waals surface area contributed by atoms with E-state index in [9.17, 15) is 9.59 Å². The fourth-order valence-corrected chi connectivity index (χ4v) is 1.89. The third-order valence-electron chi connectivity index (χ3n) is 2.60. The maximum atomic E-state index is 12.0. The largest absolute Gasteiger partial charge is 0.322 e. The van der Waals surface area contributed by atoms with Gasteiger partial charge < -0.3 is 10.3 Å². The molecule has 19 heavy (non-hydrogen) atoms. The van der Waals surface area contributed by atoms with Crippen molar-refractivity contribution in [3.05, 3.63) is 56.2 Å². The molecule has 2 rings (SSSR count). The lowest BCUT2D eigenvalue weighted by molar-refractivity contribution is 0.102. The van der Waals surface area contributed by atoms with Crippen molar-refractivity contribution in [2.24, 2.45) is 0 Å². The summed E-state index contributed by atoms with van der Waals surface area (Å²) in [6.07, 6.45) is 1.27. The maximum absolute atomic E-state index is 12.0. The molecule has 5 nitrogen and oxygen atoms in total. The number of benzene rings is 1. The van der Waals surface area contributed by atoms with Crippen molar-refractivity contribution in [3.8, 4) is 0 Å². The number of amides is 1. The average molecular weight is 322 g/mol. The van der Waals surface area contributed by atoms with Gasteiger partial charge in [-0.3, -0.25) is 9.59 Å². The number of halogens is 1. The van der Waals surface area contributed by atoms with Gasteiger partial charge in [0.2, 0.25) is 0 Å². The van der Waals surface area contributed by atoms with E-state index in [0.717, 1.165) is 10.0 Å². The Bertz CT molecular complexity index is 695. The Balaban J connectivity index is 2.25. The van der Waals surface area contributed by atoms with Gasteiger partial charge in [0.25, 0.3) is 11.5 Å². The van der Waals surface area contributed by atoms with Crippen molar-refractivity contribution in [1.29, 1.82) is 0 Å². The Hall–Kier alpha value is -1.95. The van der Waals surface area contributed by atoms with Crippen LogP contribution in [-0.2, 0) is 0 Å². The number of hydrogen-bond donors (Lipinski definition) is 2. The lowest BCUT2D eigenvalue weighted by atomic mass is 10.2. The second-order valence-corrected chi connectivity index (χ2v) is 4.98. The highest BCUT2D eigenvalue weighted by molar-refractivity contribution is 9.10. The first kappa shape index (κ1) is 13.5. The van der Waals surface area contributed by atoms with Gasteiger partial charge in [-0.25, -0.2) is 4.98 Å². The highest BCUT2D eigenvalue weighted by Gasteiger charge is 2.11. The molecule has 2 N–H and O–H groups in total. The zero-order valence-electron chi connectivity index (χ0n) is 10.5. The quantitative estimate of drug-likeness (QED) is 0.891. The van der Waals surface area contributed by atoms with Crippen LogP contribution in [0, 0.1) is 13.8 Å². The molecule has 0 aliphatic heterocycles. The van der Waals surface area contributed by atoms with Crippen LogP contribution in [0.25, 0.3) is 0 Å². The number of aromatic nitrogens is 2. The first-order valence-corrected chi connectivity index (χ1v) is 6.40. The number of nitrogens with zero attached hydrogens (tertiary/aromatic N) is 1. The van der Waals surface area contributed by atoms with Crippen LogP contribution < -0.4 is 10.9 Å². The van der Waals surface area contributed by atoms with Crippen LogP contribution in [-0.4, -0.2) is 15.9 Å². The lowest BCUT2D eigenvalue weighted by Gasteiger charge is -2.06. The van der Waals surface area contributed by atoms with Crippen LogP contribution in [0.2, 0.25) is 0 Å². The lowest BCUT2D eigenvalue weighted by Crippen LogP contribution is -2.24. The average Bonchev–Trinajstić information content (AvgIpc) is 2.33.